The fraction of sp³-hybridized carbons (Fsp3) is 0.533. The lowest BCUT2D eigenvalue weighted by molar-refractivity contribution is 0.238. The molecule has 106 valence electrons. The molecule has 1 fully saturated rings. The molecule has 0 bridgehead atoms. The lowest BCUT2D eigenvalue weighted by atomic mass is 10.1. The van der Waals surface area contributed by atoms with Crippen LogP contribution in [-0.2, 0) is 13.0 Å². The van der Waals surface area contributed by atoms with E-state index in [9.17, 15) is 0 Å². The summed E-state index contributed by atoms with van der Waals surface area (Å²) in [4.78, 5) is 10.7. The Morgan fingerprint density at radius 2 is 2.20 bits per heavy atom. The highest BCUT2D eigenvalue weighted by Gasteiger charge is 2.28. The Bertz CT molecular complexity index is 550. The van der Waals surface area contributed by atoms with Crippen LogP contribution in [0.25, 0.3) is 0 Å². The standard InChI is InChI=1S/C15H20N4O/c1-11(7-13-9-16-5-6-17-13)19(2)10-14-8-15(20-18-14)12-3-4-12/h5-6,8-9,11-12H,3-4,7,10H2,1-2H3. The normalized spacial score (nSPS) is 16.6. The third kappa shape index (κ3) is 3.22. The van der Waals surface area contributed by atoms with Gasteiger partial charge < -0.3 is 4.52 Å². The first-order valence-electron chi connectivity index (χ1n) is 7.13. The Hall–Kier alpha value is -1.75. The van der Waals surface area contributed by atoms with Crippen molar-refractivity contribution in [3.63, 3.8) is 0 Å². The summed E-state index contributed by atoms with van der Waals surface area (Å²) < 4.78 is 5.39. The van der Waals surface area contributed by atoms with Crippen molar-refractivity contribution in [3.05, 3.63) is 41.8 Å². The number of rotatable bonds is 6. The molecule has 20 heavy (non-hydrogen) atoms. The van der Waals surface area contributed by atoms with Gasteiger partial charge in [-0.05, 0) is 26.8 Å². The van der Waals surface area contributed by atoms with E-state index in [1.54, 1.807) is 12.4 Å². The summed E-state index contributed by atoms with van der Waals surface area (Å²) in [5, 5.41) is 4.16. The molecule has 0 N–H and O–H groups in total. The minimum atomic E-state index is 0.382. The second kappa shape index (κ2) is 5.71. The number of hydrogen-bond acceptors (Lipinski definition) is 5. The van der Waals surface area contributed by atoms with Crippen molar-refractivity contribution >= 4 is 0 Å². The molecule has 1 aliphatic carbocycles. The second-order valence-electron chi connectivity index (χ2n) is 5.66. The summed E-state index contributed by atoms with van der Waals surface area (Å²) in [6.07, 6.45) is 8.64. The van der Waals surface area contributed by atoms with Crippen LogP contribution in [0.15, 0.2) is 29.2 Å². The van der Waals surface area contributed by atoms with Gasteiger partial charge in [-0.3, -0.25) is 14.9 Å². The highest BCUT2D eigenvalue weighted by Crippen LogP contribution is 2.40. The molecule has 1 atom stereocenters. The molecule has 1 aliphatic rings. The van der Waals surface area contributed by atoms with E-state index in [1.165, 1.54) is 12.8 Å². The van der Waals surface area contributed by atoms with Crippen molar-refractivity contribution in [2.24, 2.45) is 0 Å². The Morgan fingerprint density at radius 3 is 2.90 bits per heavy atom. The number of aromatic nitrogens is 3. The molecule has 2 aromatic rings. The lowest BCUT2D eigenvalue weighted by Gasteiger charge is -2.23. The van der Waals surface area contributed by atoms with Gasteiger partial charge in [0.25, 0.3) is 0 Å². The van der Waals surface area contributed by atoms with E-state index in [1.807, 2.05) is 6.20 Å². The van der Waals surface area contributed by atoms with E-state index in [0.29, 0.717) is 12.0 Å². The van der Waals surface area contributed by atoms with Crippen LogP contribution in [-0.4, -0.2) is 33.1 Å². The first-order valence-corrected chi connectivity index (χ1v) is 7.13. The fourth-order valence-corrected chi connectivity index (χ4v) is 2.27. The minimum Gasteiger partial charge on any atom is -0.361 e. The average molecular weight is 272 g/mol. The molecule has 2 heterocycles. The predicted octanol–water partition coefficient (Wildman–Crippen LogP) is 2.41. The monoisotopic (exact) mass is 272 g/mol. The topological polar surface area (TPSA) is 55.1 Å². The van der Waals surface area contributed by atoms with E-state index < -0.39 is 0 Å². The molecule has 2 aromatic heterocycles. The van der Waals surface area contributed by atoms with Crippen molar-refractivity contribution in [1.82, 2.24) is 20.0 Å². The zero-order chi connectivity index (χ0) is 13.9. The van der Waals surface area contributed by atoms with E-state index >= 15 is 0 Å². The van der Waals surface area contributed by atoms with Crippen molar-refractivity contribution < 1.29 is 4.52 Å². The fourth-order valence-electron chi connectivity index (χ4n) is 2.27. The number of hydrogen-bond donors (Lipinski definition) is 0. The summed E-state index contributed by atoms with van der Waals surface area (Å²) in [5.41, 5.74) is 2.03. The minimum absolute atomic E-state index is 0.382. The summed E-state index contributed by atoms with van der Waals surface area (Å²) in [5.74, 6) is 1.67. The predicted molar refractivity (Wildman–Crippen MR) is 75.1 cm³/mol. The van der Waals surface area contributed by atoms with Gasteiger partial charge in [0.2, 0.25) is 0 Å². The molecule has 0 radical (unpaired) electrons. The molecule has 0 amide bonds. The van der Waals surface area contributed by atoms with Gasteiger partial charge >= 0.3 is 0 Å². The molecule has 0 spiro atoms. The maximum Gasteiger partial charge on any atom is 0.140 e. The van der Waals surface area contributed by atoms with Crippen molar-refractivity contribution in [1.29, 1.82) is 0 Å². The van der Waals surface area contributed by atoms with Crippen LogP contribution in [0.3, 0.4) is 0 Å². The Labute approximate surface area is 119 Å². The molecule has 0 aliphatic heterocycles. The zero-order valence-corrected chi connectivity index (χ0v) is 12.0. The first-order chi connectivity index (χ1) is 9.72. The van der Waals surface area contributed by atoms with Gasteiger partial charge in [-0.1, -0.05) is 5.16 Å². The van der Waals surface area contributed by atoms with Crippen molar-refractivity contribution in [3.8, 4) is 0 Å². The summed E-state index contributed by atoms with van der Waals surface area (Å²) >= 11 is 0. The molecule has 1 saturated carbocycles. The first kappa shape index (κ1) is 13.2. The highest BCUT2D eigenvalue weighted by atomic mass is 16.5. The molecule has 0 aromatic carbocycles. The van der Waals surface area contributed by atoms with Gasteiger partial charge in [-0.15, -0.1) is 0 Å². The third-order valence-electron chi connectivity index (χ3n) is 3.84. The van der Waals surface area contributed by atoms with Gasteiger partial charge in [0.1, 0.15) is 5.76 Å². The Morgan fingerprint density at radius 1 is 1.35 bits per heavy atom. The molecule has 5 nitrogen and oxygen atoms in total. The number of likely N-dealkylation sites (N-methyl/N-ethyl adjacent to an activating group) is 1. The van der Waals surface area contributed by atoms with E-state index in [2.05, 4.69) is 40.1 Å². The SMILES string of the molecule is CC(Cc1cnccn1)N(C)Cc1cc(C2CC2)on1. The van der Waals surface area contributed by atoms with Crippen LogP contribution < -0.4 is 0 Å². The maximum absolute atomic E-state index is 5.39. The van der Waals surface area contributed by atoms with Gasteiger partial charge in [0, 0.05) is 49.6 Å². The van der Waals surface area contributed by atoms with Gasteiger partial charge in [0.15, 0.2) is 0 Å². The van der Waals surface area contributed by atoms with Crippen LogP contribution in [0, 0.1) is 0 Å². The molecular weight excluding hydrogens is 252 g/mol. The lowest BCUT2D eigenvalue weighted by Crippen LogP contribution is -2.30. The van der Waals surface area contributed by atoms with E-state index in [4.69, 9.17) is 4.52 Å². The van der Waals surface area contributed by atoms with Crippen LogP contribution in [0.1, 0.15) is 42.8 Å². The average Bonchev–Trinajstić information content (AvgIpc) is 3.20. The van der Waals surface area contributed by atoms with Crippen molar-refractivity contribution in [2.45, 2.75) is 44.7 Å². The maximum atomic E-state index is 5.39. The van der Waals surface area contributed by atoms with Gasteiger partial charge in [-0.25, -0.2) is 0 Å². The van der Waals surface area contributed by atoms with Gasteiger partial charge in [0.05, 0.1) is 11.4 Å². The molecule has 5 heteroatoms. The van der Waals surface area contributed by atoms with Gasteiger partial charge in [-0.2, -0.15) is 0 Å². The highest BCUT2D eigenvalue weighted by molar-refractivity contribution is 5.14. The van der Waals surface area contributed by atoms with Crippen LogP contribution in [0.4, 0.5) is 0 Å². The van der Waals surface area contributed by atoms with Crippen LogP contribution in [0.2, 0.25) is 0 Å². The summed E-state index contributed by atoms with van der Waals surface area (Å²) in [6, 6.07) is 2.48. The molecule has 3 rings (SSSR count). The van der Waals surface area contributed by atoms with E-state index in [-0.39, 0.29) is 0 Å². The number of nitrogens with zero attached hydrogens (tertiary/aromatic N) is 4. The van der Waals surface area contributed by atoms with Crippen LogP contribution >= 0.6 is 0 Å². The smallest absolute Gasteiger partial charge is 0.140 e. The molecular formula is C15H20N4O. The second-order valence-corrected chi connectivity index (χ2v) is 5.66. The molecule has 1 unspecified atom stereocenters. The van der Waals surface area contributed by atoms with Crippen molar-refractivity contribution in [2.75, 3.05) is 7.05 Å². The molecule has 0 saturated heterocycles. The largest absolute Gasteiger partial charge is 0.361 e. The zero-order valence-electron chi connectivity index (χ0n) is 12.0. The third-order valence-corrected chi connectivity index (χ3v) is 3.84. The Kier molecular flexibility index (Phi) is 3.78. The summed E-state index contributed by atoms with van der Waals surface area (Å²) in [7, 11) is 2.10. The van der Waals surface area contributed by atoms with E-state index in [0.717, 1.165) is 30.1 Å². The summed E-state index contributed by atoms with van der Waals surface area (Å²) in [6.45, 7) is 2.99. The Balaban J connectivity index is 1.55. The quantitative estimate of drug-likeness (QED) is 0.808. The van der Waals surface area contributed by atoms with Crippen LogP contribution in [0.5, 0.6) is 0 Å².